The maximum Gasteiger partial charge on any atom is 0.149 e. The van der Waals surface area contributed by atoms with Crippen LogP contribution in [0.1, 0.15) is 5.56 Å². The third-order valence-electron chi connectivity index (χ3n) is 2.50. The summed E-state index contributed by atoms with van der Waals surface area (Å²) in [6.45, 7) is 0.319. The molecular weight excluding hydrogens is 280 g/mol. The van der Waals surface area contributed by atoms with E-state index < -0.39 is 5.54 Å². The Labute approximate surface area is 108 Å². The van der Waals surface area contributed by atoms with Crippen molar-refractivity contribution in [3.8, 4) is 6.07 Å². The van der Waals surface area contributed by atoms with Crippen molar-refractivity contribution >= 4 is 15.9 Å². The van der Waals surface area contributed by atoms with Crippen LogP contribution < -0.4 is 5.73 Å². The topological polar surface area (TPSA) is 67.6 Å². The van der Waals surface area contributed by atoms with E-state index >= 15 is 0 Å². The van der Waals surface area contributed by atoms with Gasteiger partial charge in [0.2, 0.25) is 0 Å². The van der Waals surface area contributed by atoms with E-state index in [4.69, 9.17) is 5.73 Å². The second-order valence-corrected chi connectivity index (χ2v) is 4.72. The smallest absolute Gasteiger partial charge is 0.149 e. The minimum atomic E-state index is -1.06. The highest BCUT2D eigenvalue weighted by molar-refractivity contribution is 9.10. The first kappa shape index (κ1) is 11.8. The van der Waals surface area contributed by atoms with Crippen molar-refractivity contribution in [2.75, 3.05) is 0 Å². The van der Waals surface area contributed by atoms with Gasteiger partial charge in [-0.05, 0) is 21.5 Å². The fourth-order valence-corrected chi connectivity index (χ4v) is 1.94. The van der Waals surface area contributed by atoms with Crippen molar-refractivity contribution in [1.82, 2.24) is 9.78 Å². The van der Waals surface area contributed by atoms with Gasteiger partial charge in [0.1, 0.15) is 5.54 Å². The average molecular weight is 291 g/mol. The van der Waals surface area contributed by atoms with Gasteiger partial charge in [-0.25, -0.2) is 0 Å². The van der Waals surface area contributed by atoms with E-state index in [0.29, 0.717) is 6.54 Å². The third kappa shape index (κ3) is 2.54. The number of hydrogen-bond acceptors (Lipinski definition) is 3. The molecular formula is C12H11BrN4. The Hall–Kier alpha value is -1.64. The minimum Gasteiger partial charge on any atom is -0.308 e. The van der Waals surface area contributed by atoms with Gasteiger partial charge in [-0.2, -0.15) is 10.4 Å². The van der Waals surface area contributed by atoms with Crippen molar-refractivity contribution in [2.24, 2.45) is 5.73 Å². The number of nitrogens with zero attached hydrogens (tertiary/aromatic N) is 3. The normalized spacial score (nSPS) is 13.9. The molecule has 2 N–H and O–H groups in total. The highest BCUT2D eigenvalue weighted by Gasteiger charge is 2.27. The first-order chi connectivity index (χ1) is 8.14. The molecule has 0 fully saturated rings. The van der Waals surface area contributed by atoms with E-state index in [1.807, 2.05) is 30.3 Å². The predicted molar refractivity (Wildman–Crippen MR) is 67.8 cm³/mol. The van der Waals surface area contributed by atoms with Gasteiger partial charge in [0.25, 0.3) is 0 Å². The summed E-state index contributed by atoms with van der Waals surface area (Å²) in [6, 6.07) is 11.5. The second kappa shape index (κ2) is 4.70. The van der Waals surface area contributed by atoms with Gasteiger partial charge in [-0.15, -0.1) is 0 Å². The molecule has 0 saturated heterocycles. The number of rotatable bonds is 3. The van der Waals surface area contributed by atoms with Gasteiger partial charge < -0.3 is 5.73 Å². The Morgan fingerprint density at radius 3 is 2.65 bits per heavy atom. The molecule has 17 heavy (non-hydrogen) atoms. The third-order valence-corrected chi connectivity index (χ3v) is 2.91. The molecule has 0 aliphatic rings. The molecule has 0 aliphatic heterocycles. The number of aromatic nitrogens is 2. The molecule has 1 aromatic heterocycles. The predicted octanol–water partition coefficient (Wildman–Crippen LogP) is 2.02. The maximum atomic E-state index is 9.28. The van der Waals surface area contributed by atoms with Gasteiger partial charge in [0.05, 0.1) is 23.3 Å². The van der Waals surface area contributed by atoms with Crippen LogP contribution in [0.25, 0.3) is 0 Å². The molecule has 5 heteroatoms. The zero-order valence-corrected chi connectivity index (χ0v) is 10.6. The summed E-state index contributed by atoms with van der Waals surface area (Å²) in [5.41, 5.74) is 5.85. The number of halogens is 1. The number of nitrogens with two attached hydrogens (primary N) is 1. The molecule has 0 spiro atoms. The zero-order valence-electron chi connectivity index (χ0n) is 9.05. The Morgan fingerprint density at radius 2 is 2.12 bits per heavy atom. The fraction of sp³-hybridized carbons (Fsp3) is 0.167. The fourth-order valence-electron chi connectivity index (χ4n) is 1.61. The molecule has 2 aromatic rings. The molecule has 4 nitrogen and oxygen atoms in total. The molecule has 86 valence electrons. The summed E-state index contributed by atoms with van der Waals surface area (Å²) in [4.78, 5) is 0. The van der Waals surface area contributed by atoms with E-state index in [0.717, 1.165) is 10.0 Å². The second-order valence-electron chi connectivity index (χ2n) is 3.81. The van der Waals surface area contributed by atoms with Crippen molar-refractivity contribution in [2.45, 2.75) is 12.1 Å². The van der Waals surface area contributed by atoms with Crippen LogP contribution in [-0.4, -0.2) is 9.78 Å². The quantitative estimate of drug-likeness (QED) is 0.940. The van der Waals surface area contributed by atoms with Gasteiger partial charge in [-0.1, -0.05) is 30.3 Å². The largest absolute Gasteiger partial charge is 0.308 e. The summed E-state index contributed by atoms with van der Waals surface area (Å²) < 4.78 is 2.52. The highest BCUT2D eigenvalue weighted by Crippen LogP contribution is 2.20. The van der Waals surface area contributed by atoms with E-state index in [1.165, 1.54) is 0 Å². The van der Waals surface area contributed by atoms with E-state index in [2.05, 4.69) is 27.1 Å². The van der Waals surface area contributed by atoms with E-state index in [9.17, 15) is 5.26 Å². The molecule has 1 heterocycles. The standard InChI is InChI=1S/C12H11BrN4/c13-11-6-16-17(7-11)9-12(15,8-14)10-4-2-1-3-5-10/h1-7H,9,15H2. The van der Waals surface area contributed by atoms with Crippen molar-refractivity contribution < 1.29 is 0 Å². The van der Waals surface area contributed by atoms with Crippen molar-refractivity contribution in [3.05, 3.63) is 52.8 Å². The van der Waals surface area contributed by atoms with Crippen LogP contribution in [0.3, 0.4) is 0 Å². The Balaban J connectivity index is 2.30. The lowest BCUT2D eigenvalue weighted by molar-refractivity contribution is 0.441. The SMILES string of the molecule is N#CC(N)(Cn1cc(Br)cn1)c1ccccc1. The average Bonchev–Trinajstić information content (AvgIpc) is 2.75. The first-order valence-corrected chi connectivity index (χ1v) is 5.87. The van der Waals surface area contributed by atoms with Crippen molar-refractivity contribution in [3.63, 3.8) is 0 Å². The molecule has 0 radical (unpaired) electrons. The molecule has 0 bridgehead atoms. The van der Waals surface area contributed by atoms with Gasteiger partial charge in [0, 0.05) is 6.20 Å². The Morgan fingerprint density at radius 1 is 1.41 bits per heavy atom. The lowest BCUT2D eigenvalue weighted by Gasteiger charge is -2.21. The summed E-state index contributed by atoms with van der Waals surface area (Å²) in [7, 11) is 0. The van der Waals surface area contributed by atoms with E-state index in [-0.39, 0.29) is 0 Å². The molecule has 0 saturated carbocycles. The Kier molecular flexibility index (Phi) is 3.27. The molecule has 0 aliphatic carbocycles. The lowest BCUT2D eigenvalue weighted by Crippen LogP contribution is -2.39. The van der Waals surface area contributed by atoms with Crippen LogP contribution in [0.2, 0.25) is 0 Å². The van der Waals surface area contributed by atoms with Crippen LogP contribution in [-0.2, 0) is 12.1 Å². The van der Waals surface area contributed by atoms with Gasteiger partial charge >= 0.3 is 0 Å². The number of hydrogen-bond donors (Lipinski definition) is 1. The molecule has 1 unspecified atom stereocenters. The summed E-state index contributed by atoms with van der Waals surface area (Å²) in [6.07, 6.45) is 3.46. The summed E-state index contributed by atoms with van der Waals surface area (Å²) in [5, 5.41) is 13.4. The number of nitriles is 1. The van der Waals surface area contributed by atoms with Gasteiger partial charge in [0.15, 0.2) is 0 Å². The zero-order chi connectivity index (χ0) is 12.3. The highest BCUT2D eigenvalue weighted by atomic mass is 79.9. The first-order valence-electron chi connectivity index (χ1n) is 5.08. The van der Waals surface area contributed by atoms with Crippen LogP contribution in [0.15, 0.2) is 47.2 Å². The minimum absolute atomic E-state index is 0.319. The molecule has 1 atom stereocenters. The summed E-state index contributed by atoms with van der Waals surface area (Å²) in [5.74, 6) is 0. The van der Waals surface area contributed by atoms with Crippen molar-refractivity contribution in [1.29, 1.82) is 5.26 Å². The maximum absolute atomic E-state index is 9.28. The van der Waals surface area contributed by atoms with Crippen LogP contribution in [0, 0.1) is 11.3 Å². The molecule has 2 rings (SSSR count). The van der Waals surface area contributed by atoms with Crippen LogP contribution >= 0.6 is 15.9 Å². The van der Waals surface area contributed by atoms with E-state index in [1.54, 1.807) is 17.1 Å². The lowest BCUT2D eigenvalue weighted by atomic mass is 9.93. The van der Waals surface area contributed by atoms with Crippen LogP contribution in [0.4, 0.5) is 0 Å². The molecule has 0 amide bonds. The molecule has 1 aromatic carbocycles. The number of benzene rings is 1. The summed E-state index contributed by atoms with van der Waals surface area (Å²) >= 11 is 3.31. The van der Waals surface area contributed by atoms with Crippen LogP contribution in [0.5, 0.6) is 0 Å². The monoisotopic (exact) mass is 290 g/mol. The Bertz CT molecular complexity index is 543. The van der Waals surface area contributed by atoms with Gasteiger partial charge in [-0.3, -0.25) is 4.68 Å².